The van der Waals surface area contributed by atoms with E-state index in [1.54, 1.807) is 0 Å². The highest BCUT2D eigenvalue weighted by molar-refractivity contribution is 6.29. The van der Waals surface area contributed by atoms with Crippen molar-refractivity contribution < 1.29 is 4.79 Å². The van der Waals surface area contributed by atoms with Gasteiger partial charge in [-0.2, -0.15) is 0 Å². The largest absolute Gasteiger partial charge is 0.353 e. The molecule has 2 fully saturated rings. The maximum Gasteiger partial charge on any atom is 0.220 e. The maximum atomic E-state index is 12.2. The molecule has 1 saturated carbocycles. The summed E-state index contributed by atoms with van der Waals surface area (Å²) in [4.78, 5) is 18.8. The van der Waals surface area contributed by atoms with Crippen molar-refractivity contribution in [3.05, 3.63) is 29.0 Å². The Balaban J connectivity index is 1.37. The van der Waals surface area contributed by atoms with Crippen LogP contribution in [0.25, 0.3) is 0 Å². The Kier molecular flexibility index (Phi) is 6.50. The summed E-state index contributed by atoms with van der Waals surface area (Å²) in [5.74, 6) is 0.887. The van der Waals surface area contributed by atoms with Crippen LogP contribution in [0.4, 0.5) is 0 Å². The number of carbonyl (C=O) groups is 1. The molecule has 0 atom stereocenters. The minimum atomic E-state index is 0.266. The van der Waals surface area contributed by atoms with Gasteiger partial charge in [0.15, 0.2) is 0 Å². The fourth-order valence-electron chi connectivity index (χ4n) is 3.93. The molecule has 5 heteroatoms. The van der Waals surface area contributed by atoms with Crippen LogP contribution < -0.4 is 5.32 Å². The molecule has 4 nitrogen and oxygen atoms in total. The summed E-state index contributed by atoms with van der Waals surface area (Å²) in [5.41, 5.74) is 1.19. The van der Waals surface area contributed by atoms with Gasteiger partial charge < -0.3 is 5.32 Å². The van der Waals surface area contributed by atoms with Crippen LogP contribution in [0.15, 0.2) is 18.3 Å². The van der Waals surface area contributed by atoms with E-state index in [0.29, 0.717) is 17.1 Å². The van der Waals surface area contributed by atoms with E-state index in [1.807, 2.05) is 18.3 Å². The van der Waals surface area contributed by atoms with Crippen LogP contribution in [-0.2, 0) is 11.3 Å². The average Bonchev–Trinajstić information content (AvgIpc) is 2.59. The Bertz CT molecular complexity index is 520. The summed E-state index contributed by atoms with van der Waals surface area (Å²) < 4.78 is 0. The second-order valence-electron chi connectivity index (χ2n) is 7.32. The lowest BCUT2D eigenvalue weighted by Crippen LogP contribution is -2.44. The molecule has 1 saturated heterocycles. The number of pyridine rings is 1. The van der Waals surface area contributed by atoms with E-state index in [9.17, 15) is 4.79 Å². The maximum absolute atomic E-state index is 12.2. The van der Waals surface area contributed by atoms with Gasteiger partial charge in [0.25, 0.3) is 0 Å². The molecule has 1 aromatic heterocycles. The second-order valence-corrected chi connectivity index (χ2v) is 7.70. The number of hydrogen-bond acceptors (Lipinski definition) is 3. The lowest BCUT2D eigenvalue weighted by molar-refractivity contribution is -0.123. The first-order valence-electron chi connectivity index (χ1n) is 9.31. The summed E-state index contributed by atoms with van der Waals surface area (Å²) in [6.45, 7) is 2.96. The molecule has 0 bridgehead atoms. The molecular formula is C19H28ClN3O. The van der Waals surface area contributed by atoms with Gasteiger partial charge in [-0.1, -0.05) is 36.9 Å². The number of rotatable bonds is 5. The number of halogens is 1. The third-order valence-corrected chi connectivity index (χ3v) is 5.57. The lowest BCUT2D eigenvalue weighted by atomic mass is 9.86. The molecule has 24 heavy (non-hydrogen) atoms. The third kappa shape index (κ3) is 5.45. The fraction of sp³-hybridized carbons (Fsp3) is 0.684. The molecule has 132 valence electrons. The molecule has 0 unspecified atom stereocenters. The predicted octanol–water partition coefficient (Wildman–Crippen LogP) is 3.79. The quantitative estimate of drug-likeness (QED) is 0.823. The molecule has 2 aliphatic rings. The van der Waals surface area contributed by atoms with E-state index in [0.717, 1.165) is 38.9 Å². The molecule has 1 N–H and O–H groups in total. The van der Waals surface area contributed by atoms with Crippen LogP contribution in [-0.4, -0.2) is 34.9 Å². The topological polar surface area (TPSA) is 45.2 Å². The average molecular weight is 350 g/mol. The van der Waals surface area contributed by atoms with Crippen molar-refractivity contribution in [3.63, 3.8) is 0 Å². The highest BCUT2D eigenvalue weighted by atomic mass is 35.5. The molecule has 0 aromatic carbocycles. The zero-order chi connectivity index (χ0) is 16.8. The molecule has 1 aromatic rings. The first-order valence-corrected chi connectivity index (χ1v) is 9.69. The Morgan fingerprint density at radius 1 is 1.17 bits per heavy atom. The highest BCUT2D eigenvalue weighted by Gasteiger charge is 2.23. The van der Waals surface area contributed by atoms with Crippen LogP contribution in [0, 0.1) is 5.92 Å². The van der Waals surface area contributed by atoms with E-state index in [1.165, 1.54) is 37.7 Å². The first kappa shape index (κ1) is 17.7. The summed E-state index contributed by atoms with van der Waals surface area (Å²) >= 11 is 5.83. The van der Waals surface area contributed by atoms with Gasteiger partial charge in [0.1, 0.15) is 5.15 Å². The van der Waals surface area contributed by atoms with Crippen molar-refractivity contribution in [1.29, 1.82) is 0 Å². The molecule has 3 rings (SSSR count). The Morgan fingerprint density at radius 3 is 2.58 bits per heavy atom. The van der Waals surface area contributed by atoms with E-state index in [4.69, 9.17) is 11.6 Å². The zero-order valence-electron chi connectivity index (χ0n) is 14.3. The van der Waals surface area contributed by atoms with Gasteiger partial charge in [0.05, 0.1) is 0 Å². The smallest absolute Gasteiger partial charge is 0.220 e. The number of nitrogens with zero attached hydrogens (tertiary/aromatic N) is 2. The van der Waals surface area contributed by atoms with Gasteiger partial charge in [-0.3, -0.25) is 9.69 Å². The number of likely N-dealkylation sites (tertiary alicyclic amines) is 1. The zero-order valence-corrected chi connectivity index (χ0v) is 15.1. The van der Waals surface area contributed by atoms with E-state index >= 15 is 0 Å². The Morgan fingerprint density at radius 2 is 1.92 bits per heavy atom. The van der Waals surface area contributed by atoms with Crippen LogP contribution in [0.5, 0.6) is 0 Å². The summed E-state index contributed by atoms with van der Waals surface area (Å²) in [7, 11) is 0. The normalized spacial score (nSPS) is 20.9. The third-order valence-electron chi connectivity index (χ3n) is 5.35. The van der Waals surface area contributed by atoms with Crippen molar-refractivity contribution in [2.75, 3.05) is 13.1 Å². The molecule has 1 aliphatic heterocycles. The van der Waals surface area contributed by atoms with Crippen molar-refractivity contribution in [3.8, 4) is 0 Å². The fourth-order valence-corrected chi connectivity index (χ4v) is 4.05. The number of hydrogen-bond donors (Lipinski definition) is 1. The Labute approximate surface area is 150 Å². The monoisotopic (exact) mass is 349 g/mol. The molecule has 2 heterocycles. The van der Waals surface area contributed by atoms with E-state index in [2.05, 4.69) is 15.2 Å². The van der Waals surface area contributed by atoms with Crippen molar-refractivity contribution in [2.24, 2.45) is 5.92 Å². The molecule has 0 radical (unpaired) electrons. The summed E-state index contributed by atoms with van der Waals surface area (Å²) in [6.07, 6.45) is 11.1. The highest BCUT2D eigenvalue weighted by Crippen LogP contribution is 2.26. The number of carbonyl (C=O) groups excluding carboxylic acids is 1. The summed E-state index contributed by atoms with van der Waals surface area (Å²) in [6, 6.07) is 4.23. The van der Waals surface area contributed by atoms with Crippen LogP contribution in [0.3, 0.4) is 0 Å². The Hall–Kier alpha value is -1.13. The van der Waals surface area contributed by atoms with Gasteiger partial charge in [-0.15, -0.1) is 0 Å². The molecule has 1 aliphatic carbocycles. The summed E-state index contributed by atoms with van der Waals surface area (Å²) in [5, 5.41) is 3.80. The predicted molar refractivity (Wildman–Crippen MR) is 96.9 cm³/mol. The molecular weight excluding hydrogens is 322 g/mol. The van der Waals surface area contributed by atoms with Gasteiger partial charge in [0.2, 0.25) is 5.91 Å². The van der Waals surface area contributed by atoms with Crippen LogP contribution in [0.2, 0.25) is 5.15 Å². The molecule has 0 spiro atoms. The van der Waals surface area contributed by atoms with Gasteiger partial charge in [-0.25, -0.2) is 4.98 Å². The van der Waals surface area contributed by atoms with Crippen molar-refractivity contribution in [1.82, 2.24) is 15.2 Å². The number of amides is 1. The number of aromatic nitrogens is 1. The van der Waals surface area contributed by atoms with E-state index in [-0.39, 0.29) is 5.91 Å². The second kappa shape index (κ2) is 8.82. The SMILES string of the molecule is O=C(CC1CCCCC1)NC1CCN(Cc2ccc(Cl)nc2)CC1. The number of piperidine rings is 1. The van der Waals surface area contributed by atoms with Gasteiger partial charge >= 0.3 is 0 Å². The number of nitrogens with one attached hydrogen (secondary N) is 1. The van der Waals surface area contributed by atoms with Crippen LogP contribution >= 0.6 is 11.6 Å². The minimum absolute atomic E-state index is 0.266. The lowest BCUT2D eigenvalue weighted by Gasteiger charge is -2.32. The molecule has 1 amide bonds. The minimum Gasteiger partial charge on any atom is -0.353 e. The van der Waals surface area contributed by atoms with Crippen LogP contribution in [0.1, 0.15) is 56.9 Å². The van der Waals surface area contributed by atoms with E-state index < -0.39 is 0 Å². The van der Waals surface area contributed by atoms with Crippen molar-refractivity contribution >= 4 is 17.5 Å². The first-order chi connectivity index (χ1) is 11.7. The standard InChI is InChI=1S/C19H28ClN3O/c20-18-7-6-16(13-21-18)14-23-10-8-17(9-11-23)22-19(24)12-15-4-2-1-3-5-15/h6-7,13,15,17H,1-5,8-12,14H2,(H,22,24). The van der Waals surface area contributed by atoms with Crippen molar-refractivity contribution in [2.45, 2.75) is 64.0 Å². The van der Waals surface area contributed by atoms with Gasteiger partial charge in [-0.05, 0) is 43.2 Å². The van der Waals surface area contributed by atoms with Gasteiger partial charge in [0, 0.05) is 38.3 Å².